The lowest BCUT2D eigenvalue weighted by Gasteiger charge is -2.20. The van der Waals surface area contributed by atoms with Gasteiger partial charge in [-0.05, 0) is 29.8 Å². The Morgan fingerprint density at radius 1 is 1.25 bits per heavy atom. The summed E-state index contributed by atoms with van der Waals surface area (Å²) in [6, 6.07) is 7.82. The summed E-state index contributed by atoms with van der Waals surface area (Å²) >= 11 is 5.98. The lowest BCUT2D eigenvalue weighted by Crippen LogP contribution is -2.17. The minimum absolute atomic E-state index is 0.243. The highest BCUT2D eigenvalue weighted by Crippen LogP contribution is 2.29. The zero-order chi connectivity index (χ0) is 18.1. The Hall–Kier alpha value is -2.19. The van der Waals surface area contributed by atoms with E-state index in [4.69, 9.17) is 11.6 Å². The average molecular weight is 373 g/mol. The van der Waals surface area contributed by atoms with Gasteiger partial charge in [-0.1, -0.05) is 17.7 Å². The molecule has 6 nitrogen and oxygen atoms in total. The molecule has 0 aliphatic rings. The van der Waals surface area contributed by atoms with Crippen LogP contribution >= 0.6 is 11.6 Å². The highest BCUT2D eigenvalue weighted by atomic mass is 35.5. The Morgan fingerprint density at radius 3 is 2.46 bits per heavy atom. The number of hydrogen-bond acceptors (Lipinski definition) is 5. The van der Waals surface area contributed by atoms with Gasteiger partial charge in [0.25, 0.3) is 5.69 Å². The molecule has 0 N–H and O–H groups in total. The van der Waals surface area contributed by atoms with Gasteiger partial charge in [-0.15, -0.1) is 0 Å². The predicted molar refractivity (Wildman–Crippen MR) is 89.7 cm³/mol. The molecule has 0 bridgehead atoms. The van der Waals surface area contributed by atoms with Crippen LogP contribution in [-0.2, 0) is 16.4 Å². The summed E-state index contributed by atoms with van der Waals surface area (Å²) in [6.45, 7) is 0.278. The fraction of sp³-hybridized carbons (Fsp3) is 0.200. The highest BCUT2D eigenvalue weighted by Gasteiger charge is 2.23. The fourth-order valence-electron chi connectivity index (χ4n) is 2.18. The van der Waals surface area contributed by atoms with E-state index in [-0.39, 0.29) is 16.5 Å². The van der Waals surface area contributed by atoms with Crippen molar-refractivity contribution in [2.24, 2.45) is 0 Å². The molecule has 0 aliphatic heterocycles. The lowest BCUT2D eigenvalue weighted by molar-refractivity contribution is -0.387. The minimum atomic E-state index is -3.77. The Kier molecular flexibility index (Phi) is 5.10. The van der Waals surface area contributed by atoms with Gasteiger partial charge >= 0.3 is 0 Å². The molecule has 0 aliphatic carbocycles. The Balaban J connectivity index is 2.39. The van der Waals surface area contributed by atoms with Gasteiger partial charge in [-0.2, -0.15) is 0 Å². The van der Waals surface area contributed by atoms with Gasteiger partial charge in [0, 0.05) is 36.6 Å². The maximum absolute atomic E-state index is 13.1. The summed E-state index contributed by atoms with van der Waals surface area (Å²) in [6.07, 6.45) is 0.913. The van der Waals surface area contributed by atoms with Crippen LogP contribution in [0.25, 0.3) is 0 Å². The molecular formula is C15H14ClFN2O4S. The van der Waals surface area contributed by atoms with Gasteiger partial charge in [0.2, 0.25) is 0 Å². The molecule has 0 amide bonds. The second-order valence-corrected chi connectivity index (χ2v) is 7.66. The monoisotopic (exact) mass is 372 g/mol. The molecule has 0 heterocycles. The van der Waals surface area contributed by atoms with Crippen LogP contribution in [-0.4, -0.2) is 26.6 Å². The van der Waals surface area contributed by atoms with Crippen LogP contribution in [0, 0.1) is 15.9 Å². The van der Waals surface area contributed by atoms with Crippen molar-refractivity contribution >= 4 is 32.8 Å². The summed E-state index contributed by atoms with van der Waals surface area (Å²) in [5.74, 6) is -0.457. The molecule has 0 radical (unpaired) electrons. The number of anilines is 1. The van der Waals surface area contributed by atoms with Gasteiger partial charge in [0.1, 0.15) is 10.7 Å². The topological polar surface area (TPSA) is 80.5 Å². The van der Waals surface area contributed by atoms with E-state index in [1.807, 2.05) is 0 Å². The summed E-state index contributed by atoms with van der Waals surface area (Å²) in [4.78, 5) is 11.6. The number of nitrogens with zero attached hydrogens (tertiary/aromatic N) is 2. The van der Waals surface area contributed by atoms with Crippen LogP contribution < -0.4 is 4.90 Å². The van der Waals surface area contributed by atoms with Crippen LogP contribution in [0.15, 0.2) is 41.3 Å². The van der Waals surface area contributed by atoms with Gasteiger partial charge in [-0.3, -0.25) is 10.1 Å². The molecule has 2 rings (SSSR count). The van der Waals surface area contributed by atoms with Crippen LogP contribution in [0.1, 0.15) is 5.56 Å². The second-order valence-electron chi connectivity index (χ2n) is 5.27. The quantitative estimate of drug-likeness (QED) is 0.593. The second kappa shape index (κ2) is 6.74. The smallest absolute Gasteiger partial charge is 0.288 e. The van der Waals surface area contributed by atoms with Crippen molar-refractivity contribution in [3.8, 4) is 0 Å². The first kappa shape index (κ1) is 18.2. The number of halogens is 2. The maximum atomic E-state index is 13.1. The molecule has 9 heteroatoms. The third-order valence-corrected chi connectivity index (χ3v) is 4.88. The van der Waals surface area contributed by atoms with E-state index in [2.05, 4.69) is 0 Å². The normalized spacial score (nSPS) is 11.3. The first-order valence-electron chi connectivity index (χ1n) is 6.73. The number of rotatable bonds is 5. The molecular weight excluding hydrogens is 359 g/mol. The van der Waals surface area contributed by atoms with Crippen LogP contribution in [0.2, 0.25) is 5.02 Å². The van der Waals surface area contributed by atoms with Gasteiger partial charge in [0.05, 0.1) is 4.92 Å². The number of benzene rings is 2. The Bertz CT molecular complexity index is 902. The third-order valence-electron chi connectivity index (χ3n) is 3.40. The van der Waals surface area contributed by atoms with Crippen molar-refractivity contribution in [1.82, 2.24) is 0 Å². The van der Waals surface area contributed by atoms with Crippen molar-refractivity contribution in [3.05, 3.63) is 62.9 Å². The minimum Gasteiger partial charge on any atom is -0.370 e. The number of sulfone groups is 1. The van der Waals surface area contributed by atoms with Crippen molar-refractivity contribution in [2.75, 3.05) is 18.2 Å². The Morgan fingerprint density at radius 2 is 1.92 bits per heavy atom. The van der Waals surface area contributed by atoms with E-state index in [9.17, 15) is 22.9 Å². The van der Waals surface area contributed by atoms with Crippen LogP contribution in [0.5, 0.6) is 0 Å². The molecule has 0 saturated heterocycles. The molecule has 0 aromatic heterocycles. The molecule has 2 aromatic rings. The van der Waals surface area contributed by atoms with E-state index >= 15 is 0 Å². The average Bonchev–Trinajstić information content (AvgIpc) is 2.48. The predicted octanol–water partition coefficient (Wildman–Crippen LogP) is 3.43. The molecule has 0 spiro atoms. The summed E-state index contributed by atoms with van der Waals surface area (Å²) in [5.41, 5.74) is 0.621. The molecule has 2 aromatic carbocycles. The zero-order valence-electron chi connectivity index (χ0n) is 12.9. The summed E-state index contributed by atoms with van der Waals surface area (Å²) in [7, 11) is -2.09. The lowest BCUT2D eigenvalue weighted by atomic mass is 10.2. The van der Waals surface area contributed by atoms with Crippen molar-refractivity contribution in [3.63, 3.8) is 0 Å². The Labute approximate surface area is 143 Å². The van der Waals surface area contributed by atoms with E-state index in [0.29, 0.717) is 11.3 Å². The highest BCUT2D eigenvalue weighted by molar-refractivity contribution is 7.90. The van der Waals surface area contributed by atoms with Crippen molar-refractivity contribution < 1.29 is 17.7 Å². The van der Waals surface area contributed by atoms with E-state index < -0.39 is 26.3 Å². The molecule has 128 valence electrons. The summed E-state index contributed by atoms with van der Waals surface area (Å²) < 4.78 is 36.7. The molecule has 24 heavy (non-hydrogen) atoms. The van der Waals surface area contributed by atoms with Gasteiger partial charge in [0.15, 0.2) is 9.84 Å². The third kappa shape index (κ3) is 4.01. The first-order valence-corrected chi connectivity index (χ1v) is 9.00. The summed E-state index contributed by atoms with van der Waals surface area (Å²) in [5, 5.41) is 11.2. The van der Waals surface area contributed by atoms with E-state index in [1.54, 1.807) is 11.9 Å². The standard InChI is InChI=1S/C15H14ClFN2O4S/c1-18(9-10-3-4-11(17)7-13(10)16)12-5-6-14(19(20)21)15(8-12)24(2,22)23/h3-8H,9H2,1-2H3. The largest absolute Gasteiger partial charge is 0.370 e. The SMILES string of the molecule is CN(Cc1ccc(F)cc1Cl)c1ccc([N+](=O)[O-])c(S(C)(=O)=O)c1. The molecule has 0 unspecified atom stereocenters. The fourth-order valence-corrected chi connectivity index (χ4v) is 3.27. The van der Waals surface area contributed by atoms with Crippen molar-refractivity contribution in [2.45, 2.75) is 11.4 Å². The van der Waals surface area contributed by atoms with Crippen LogP contribution in [0.4, 0.5) is 15.8 Å². The van der Waals surface area contributed by atoms with Crippen molar-refractivity contribution in [1.29, 1.82) is 0 Å². The van der Waals surface area contributed by atoms with Gasteiger partial charge < -0.3 is 4.90 Å². The number of nitro benzene ring substituents is 1. The zero-order valence-corrected chi connectivity index (χ0v) is 14.4. The van der Waals surface area contributed by atoms with E-state index in [0.717, 1.165) is 12.3 Å². The van der Waals surface area contributed by atoms with Gasteiger partial charge in [-0.25, -0.2) is 12.8 Å². The maximum Gasteiger partial charge on any atom is 0.288 e. The number of nitro groups is 1. The number of hydrogen-bond donors (Lipinski definition) is 0. The first-order chi connectivity index (χ1) is 11.1. The molecule has 0 fully saturated rings. The molecule has 0 saturated carbocycles. The molecule has 0 atom stereocenters. The van der Waals surface area contributed by atoms with E-state index in [1.165, 1.54) is 30.3 Å². The van der Waals surface area contributed by atoms with Crippen LogP contribution in [0.3, 0.4) is 0 Å².